The van der Waals surface area contributed by atoms with Crippen LogP contribution in [-0.4, -0.2) is 32.1 Å². The molecule has 0 radical (unpaired) electrons. The van der Waals surface area contributed by atoms with Crippen molar-refractivity contribution in [2.24, 2.45) is 0 Å². The van der Waals surface area contributed by atoms with Gasteiger partial charge >= 0.3 is 0 Å². The molecule has 0 aliphatic rings. The maximum absolute atomic E-state index is 11.8. The van der Waals surface area contributed by atoms with Crippen molar-refractivity contribution >= 4 is 34.2 Å². The maximum Gasteiger partial charge on any atom is 0.260 e. The summed E-state index contributed by atoms with van der Waals surface area (Å²) in [4.78, 5) is 11.8. The summed E-state index contributed by atoms with van der Waals surface area (Å²) in [5.41, 5.74) is 0. The van der Waals surface area contributed by atoms with E-state index in [0.717, 1.165) is 17.4 Å². The molecule has 0 saturated heterocycles. The van der Waals surface area contributed by atoms with Gasteiger partial charge in [-0.3, -0.25) is 4.79 Å². The molecule has 0 fully saturated rings. The zero-order valence-corrected chi connectivity index (χ0v) is 13.5. The Balaban J connectivity index is 0.00000324. The van der Waals surface area contributed by atoms with Crippen LogP contribution in [0.5, 0.6) is 5.75 Å². The highest BCUT2D eigenvalue weighted by Gasteiger charge is 2.14. The fraction of sp³-hybridized carbons (Fsp3) is 0.462. The maximum atomic E-state index is 11.8. The minimum atomic E-state index is -0.502. The topological polar surface area (TPSA) is 50.4 Å². The predicted octanol–water partition coefficient (Wildman–Crippen LogP) is 2.36. The fourth-order valence-corrected chi connectivity index (χ4v) is 1.78. The van der Waals surface area contributed by atoms with Gasteiger partial charge in [-0.05, 0) is 55.0 Å². The summed E-state index contributed by atoms with van der Waals surface area (Å²) in [6.07, 6.45) is 0.405. The van der Waals surface area contributed by atoms with E-state index in [0.29, 0.717) is 12.3 Å². The summed E-state index contributed by atoms with van der Waals surface area (Å²) in [6, 6.07) is 7.48. The standard InChI is InChI=1S/C13H19BrN2O2.ClH/c1-10(13(17)16-9-5-8-15-2)18-12-7-4-3-6-11(12)14;/h3-4,6-7,10,15H,5,8-9H2,1-2H3,(H,16,17);1H. The third-order valence-corrected chi connectivity index (χ3v) is 3.07. The van der Waals surface area contributed by atoms with E-state index < -0.39 is 6.10 Å². The highest BCUT2D eigenvalue weighted by Crippen LogP contribution is 2.24. The number of nitrogens with one attached hydrogen (secondary N) is 2. The van der Waals surface area contributed by atoms with Gasteiger partial charge in [0.05, 0.1) is 4.47 Å². The molecule has 0 aliphatic carbocycles. The molecule has 0 saturated carbocycles. The van der Waals surface area contributed by atoms with Crippen LogP contribution in [0.1, 0.15) is 13.3 Å². The lowest BCUT2D eigenvalue weighted by Crippen LogP contribution is -2.37. The Kier molecular flexibility index (Phi) is 9.65. The third-order valence-electron chi connectivity index (χ3n) is 2.41. The third kappa shape index (κ3) is 6.80. The van der Waals surface area contributed by atoms with E-state index in [-0.39, 0.29) is 18.3 Å². The molecule has 0 aliphatic heterocycles. The fourth-order valence-electron chi connectivity index (χ4n) is 1.40. The molecule has 1 aromatic rings. The second-order valence-electron chi connectivity index (χ2n) is 3.94. The number of halogens is 2. The summed E-state index contributed by atoms with van der Waals surface area (Å²) in [5, 5.41) is 5.87. The highest BCUT2D eigenvalue weighted by molar-refractivity contribution is 9.10. The number of rotatable bonds is 7. The highest BCUT2D eigenvalue weighted by atomic mass is 79.9. The van der Waals surface area contributed by atoms with Crippen LogP contribution >= 0.6 is 28.3 Å². The lowest BCUT2D eigenvalue weighted by molar-refractivity contribution is -0.127. The quantitative estimate of drug-likeness (QED) is 0.742. The van der Waals surface area contributed by atoms with Crippen molar-refractivity contribution in [3.63, 3.8) is 0 Å². The van der Waals surface area contributed by atoms with Crippen LogP contribution in [0, 0.1) is 0 Å². The molecule has 0 spiro atoms. The summed E-state index contributed by atoms with van der Waals surface area (Å²) in [7, 11) is 1.89. The zero-order chi connectivity index (χ0) is 13.4. The van der Waals surface area contributed by atoms with Crippen molar-refractivity contribution < 1.29 is 9.53 Å². The molecule has 6 heteroatoms. The van der Waals surface area contributed by atoms with E-state index in [1.165, 1.54) is 0 Å². The van der Waals surface area contributed by atoms with Gasteiger partial charge in [-0.2, -0.15) is 0 Å². The minimum Gasteiger partial charge on any atom is -0.480 e. The van der Waals surface area contributed by atoms with Crippen molar-refractivity contribution in [3.8, 4) is 5.75 Å². The van der Waals surface area contributed by atoms with Gasteiger partial charge in [0.15, 0.2) is 6.10 Å². The van der Waals surface area contributed by atoms with E-state index in [1.807, 2.05) is 31.3 Å². The molecule has 19 heavy (non-hydrogen) atoms. The average molecular weight is 352 g/mol. The monoisotopic (exact) mass is 350 g/mol. The van der Waals surface area contributed by atoms with Gasteiger partial charge in [0, 0.05) is 6.54 Å². The Bertz CT molecular complexity index is 391. The number of carbonyl (C=O) groups excluding carboxylic acids is 1. The summed E-state index contributed by atoms with van der Waals surface area (Å²) in [6.45, 7) is 3.29. The Hall–Kier alpha value is -0.780. The summed E-state index contributed by atoms with van der Waals surface area (Å²) >= 11 is 3.38. The number of benzene rings is 1. The van der Waals surface area contributed by atoms with E-state index >= 15 is 0 Å². The Morgan fingerprint density at radius 1 is 1.37 bits per heavy atom. The van der Waals surface area contributed by atoms with Crippen molar-refractivity contribution in [3.05, 3.63) is 28.7 Å². The largest absolute Gasteiger partial charge is 0.480 e. The number of para-hydroxylation sites is 1. The van der Waals surface area contributed by atoms with Crippen LogP contribution < -0.4 is 15.4 Å². The Morgan fingerprint density at radius 2 is 2.05 bits per heavy atom. The molecular weight excluding hydrogens is 332 g/mol. The van der Waals surface area contributed by atoms with Crippen LogP contribution in [0.3, 0.4) is 0 Å². The Labute approximate surface area is 128 Å². The van der Waals surface area contributed by atoms with Gasteiger partial charge in [-0.25, -0.2) is 0 Å². The molecule has 108 valence electrons. The van der Waals surface area contributed by atoms with Gasteiger partial charge in [-0.15, -0.1) is 12.4 Å². The van der Waals surface area contributed by atoms with Crippen LogP contribution in [0.4, 0.5) is 0 Å². The summed E-state index contributed by atoms with van der Waals surface area (Å²) in [5.74, 6) is 0.581. The first-order valence-corrected chi connectivity index (χ1v) is 6.78. The number of hydrogen-bond donors (Lipinski definition) is 2. The minimum absolute atomic E-state index is 0. The van der Waals surface area contributed by atoms with Gasteiger partial charge < -0.3 is 15.4 Å². The number of hydrogen-bond acceptors (Lipinski definition) is 3. The smallest absolute Gasteiger partial charge is 0.260 e. The molecule has 0 heterocycles. The van der Waals surface area contributed by atoms with E-state index in [9.17, 15) is 4.79 Å². The lowest BCUT2D eigenvalue weighted by atomic mass is 10.3. The van der Waals surface area contributed by atoms with Gasteiger partial charge in [0.2, 0.25) is 0 Å². The lowest BCUT2D eigenvalue weighted by Gasteiger charge is -2.15. The van der Waals surface area contributed by atoms with Crippen molar-refractivity contribution in [2.75, 3.05) is 20.1 Å². The Morgan fingerprint density at radius 3 is 2.68 bits per heavy atom. The van der Waals surface area contributed by atoms with E-state index in [1.54, 1.807) is 6.92 Å². The number of amides is 1. The van der Waals surface area contributed by atoms with Crippen molar-refractivity contribution in [1.82, 2.24) is 10.6 Å². The molecule has 1 unspecified atom stereocenters. The number of ether oxygens (including phenoxy) is 1. The molecule has 4 nitrogen and oxygen atoms in total. The molecule has 1 atom stereocenters. The van der Waals surface area contributed by atoms with Crippen molar-refractivity contribution in [1.29, 1.82) is 0 Å². The van der Waals surface area contributed by atoms with Crippen LogP contribution in [-0.2, 0) is 4.79 Å². The van der Waals surface area contributed by atoms with Crippen molar-refractivity contribution in [2.45, 2.75) is 19.4 Å². The van der Waals surface area contributed by atoms with Gasteiger partial charge in [0.25, 0.3) is 5.91 Å². The van der Waals surface area contributed by atoms with Crippen LogP contribution in [0.2, 0.25) is 0 Å². The zero-order valence-electron chi connectivity index (χ0n) is 11.1. The van der Waals surface area contributed by atoms with E-state index in [4.69, 9.17) is 4.74 Å². The molecule has 1 aromatic carbocycles. The first kappa shape index (κ1) is 18.2. The molecular formula is C13H20BrClN2O2. The van der Waals surface area contributed by atoms with Crippen LogP contribution in [0.25, 0.3) is 0 Å². The second kappa shape index (κ2) is 10.1. The number of carbonyl (C=O) groups is 1. The van der Waals surface area contributed by atoms with Gasteiger partial charge in [0.1, 0.15) is 5.75 Å². The normalized spacial score (nSPS) is 11.3. The predicted molar refractivity (Wildman–Crippen MR) is 83.0 cm³/mol. The van der Waals surface area contributed by atoms with Crippen LogP contribution in [0.15, 0.2) is 28.7 Å². The molecule has 1 amide bonds. The SMILES string of the molecule is CNCCCNC(=O)C(C)Oc1ccccc1Br.Cl. The molecule has 0 aromatic heterocycles. The first-order valence-electron chi connectivity index (χ1n) is 5.98. The van der Waals surface area contributed by atoms with Gasteiger partial charge in [-0.1, -0.05) is 12.1 Å². The van der Waals surface area contributed by atoms with E-state index in [2.05, 4.69) is 26.6 Å². The molecule has 2 N–H and O–H groups in total. The molecule has 0 bridgehead atoms. The summed E-state index contributed by atoms with van der Waals surface area (Å²) < 4.78 is 6.44. The second-order valence-corrected chi connectivity index (χ2v) is 4.79. The molecule has 1 rings (SSSR count). The first-order chi connectivity index (χ1) is 8.65. The average Bonchev–Trinajstić information content (AvgIpc) is 2.37.